The first kappa shape index (κ1) is 12.9. The van der Waals surface area contributed by atoms with Crippen molar-refractivity contribution in [3.8, 4) is 6.07 Å². The van der Waals surface area contributed by atoms with Gasteiger partial charge in [-0.25, -0.2) is 13.1 Å². The van der Waals surface area contributed by atoms with E-state index in [1.165, 1.54) is 18.2 Å². The highest BCUT2D eigenvalue weighted by atomic mass is 32.2. The van der Waals surface area contributed by atoms with Gasteiger partial charge in [0.25, 0.3) is 0 Å². The molecule has 1 aliphatic rings. The van der Waals surface area contributed by atoms with E-state index < -0.39 is 10.0 Å². The van der Waals surface area contributed by atoms with Gasteiger partial charge in [0.15, 0.2) is 0 Å². The number of hydrogen-bond donors (Lipinski definition) is 2. The maximum absolute atomic E-state index is 12.1. The second-order valence-corrected chi connectivity index (χ2v) is 6.18. The smallest absolute Gasteiger partial charge is 0.242 e. The molecule has 1 aliphatic carbocycles. The van der Waals surface area contributed by atoms with Gasteiger partial charge in [0.2, 0.25) is 10.0 Å². The lowest BCUT2D eigenvalue weighted by Crippen LogP contribution is -2.27. The van der Waals surface area contributed by atoms with Crippen LogP contribution in [0.15, 0.2) is 23.1 Å². The van der Waals surface area contributed by atoms with Crippen molar-refractivity contribution in [2.75, 3.05) is 5.73 Å². The van der Waals surface area contributed by atoms with Crippen molar-refractivity contribution in [2.24, 2.45) is 5.92 Å². The monoisotopic (exact) mass is 265 g/mol. The first-order valence-corrected chi connectivity index (χ1v) is 7.28. The Morgan fingerprint density at radius 1 is 1.56 bits per heavy atom. The fraction of sp³-hybridized carbons (Fsp3) is 0.417. The van der Waals surface area contributed by atoms with Crippen LogP contribution in [0.3, 0.4) is 0 Å². The van der Waals surface area contributed by atoms with Gasteiger partial charge in [0.05, 0.1) is 10.5 Å². The van der Waals surface area contributed by atoms with Crippen molar-refractivity contribution in [2.45, 2.75) is 30.7 Å². The zero-order valence-corrected chi connectivity index (χ0v) is 10.9. The van der Waals surface area contributed by atoms with Gasteiger partial charge in [-0.05, 0) is 30.5 Å². The molecule has 1 aromatic carbocycles. The molecule has 1 fully saturated rings. The van der Waals surface area contributed by atoms with Gasteiger partial charge >= 0.3 is 0 Å². The summed E-state index contributed by atoms with van der Waals surface area (Å²) in [6, 6.07) is 6.10. The lowest BCUT2D eigenvalue weighted by molar-refractivity contribution is 0.575. The highest BCUT2D eigenvalue weighted by Crippen LogP contribution is 2.34. The Labute approximate surface area is 107 Å². The lowest BCUT2D eigenvalue weighted by Gasteiger charge is -2.08. The Morgan fingerprint density at radius 2 is 2.28 bits per heavy atom. The van der Waals surface area contributed by atoms with Gasteiger partial charge < -0.3 is 5.73 Å². The van der Waals surface area contributed by atoms with E-state index in [0.29, 0.717) is 11.6 Å². The fourth-order valence-electron chi connectivity index (χ4n) is 1.98. The number of anilines is 1. The molecule has 0 heterocycles. The predicted octanol–water partition coefficient (Wildman–Crippen LogP) is 1.22. The number of nitrogens with zero attached hydrogens (tertiary/aromatic N) is 1. The van der Waals surface area contributed by atoms with Gasteiger partial charge in [-0.1, -0.05) is 13.3 Å². The van der Waals surface area contributed by atoms with E-state index in [1.54, 1.807) is 0 Å². The normalized spacial score (nSPS) is 22.4. The summed E-state index contributed by atoms with van der Waals surface area (Å²) < 4.78 is 26.9. The van der Waals surface area contributed by atoms with Gasteiger partial charge in [0, 0.05) is 11.7 Å². The number of nitriles is 1. The summed E-state index contributed by atoms with van der Waals surface area (Å²) in [7, 11) is -3.63. The van der Waals surface area contributed by atoms with E-state index in [1.807, 2.05) is 13.0 Å². The fourth-order valence-corrected chi connectivity index (χ4v) is 3.43. The first-order chi connectivity index (χ1) is 8.47. The molecule has 3 N–H and O–H groups in total. The Bertz CT molecular complexity index is 604. The molecular weight excluding hydrogens is 250 g/mol. The van der Waals surface area contributed by atoms with Crippen LogP contribution < -0.4 is 10.5 Å². The molecule has 5 nitrogen and oxygen atoms in total. The van der Waals surface area contributed by atoms with Crippen LogP contribution in [0, 0.1) is 17.2 Å². The molecule has 96 valence electrons. The topological polar surface area (TPSA) is 96.0 Å². The van der Waals surface area contributed by atoms with Crippen molar-refractivity contribution in [1.29, 1.82) is 5.26 Å². The second kappa shape index (κ2) is 4.59. The standard InChI is InChI=1S/C12H15N3O2S/c1-2-8-6-11(8)15-18(16,17)12-4-3-10(14)5-9(12)7-13/h3-5,8,11,15H,2,6,14H2,1H3. The lowest BCUT2D eigenvalue weighted by atomic mass is 10.2. The molecule has 18 heavy (non-hydrogen) atoms. The average molecular weight is 265 g/mol. The van der Waals surface area contributed by atoms with E-state index in [2.05, 4.69) is 4.72 Å². The number of hydrogen-bond acceptors (Lipinski definition) is 4. The van der Waals surface area contributed by atoms with Crippen molar-refractivity contribution in [3.63, 3.8) is 0 Å². The average Bonchev–Trinajstić information content (AvgIpc) is 3.06. The summed E-state index contributed by atoms with van der Waals surface area (Å²) in [5.74, 6) is 0.416. The molecule has 2 unspecified atom stereocenters. The van der Waals surface area contributed by atoms with Crippen molar-refractivity contribution in [1.82, 2.24) is 4.72 Å². The Morgan fingerprint density at radius 3 is 2.83 bits per heavy atom. The second-order valence-electron chi connectivity index (χ2n) is 4.50. The Balaban J connectivity index is 2.28. The van der Waals surface area contributed by atoms with Crippen LogP contribution in [0.2, 0.25) is 0 Å². The van der Waals surface area contributed by atoms with Gasteiger partial charge in [-0.15, -0.1) is 0 Å². The third-order valence-corrected chi connectivity index (χ3v) is 4.72. The number of nitrogens with two attached hydrogens (primary N) is 1. The van der Waals surface area contributed by atoms with Crippen molar-refractivity contribution >= 4 is 15.7 Å². The minimum Gasteiger partial charge on any atom is -0.399 e. The number of nitrogens with one attached hydrogen (secondary N) is 1. The summed E-state index contributed by atoms with van der Waals surface area (Å²) in [5.41, 5.74) is 6.00. The summed E-state index contributed by atoms with van der Waals surface area (Å²) >= 11 is 0. The van der Waals surface area contributed by atoms with Crippen LogP contribution in [-0.4, -0.2) is 14.5 Å². The number of rotatable bonds is 4. The molecule has 0 radical (unpaired) electrons. The maximum atomic E-state index is 12.1. The summed E-state index contributed by atoms with van der Waals surface area (Å²) in [5, 5.41) is 8.96. The van der Waals surface area contributed by atoms with Gasteiger partial charge in [0.1, 0.15) is 6.07 Å². The maximum Gasteiger partial charge on any atom is 0.242 e. The molecule has 2 rings (SSSR count). The molecule has 0 saturated heterocycles. The summed E-state index contributed by atoms with van der Waals surface area (Å²) in [6.07, 6.45) is 1.83. The van der Waals surface area contributed by atoms with E-state index in [4.69, 9.17) is 11.0 Å². The quantitative estimate of drug-likeness (QED) is 0.800. The number of sulfonamides is 1. The van der Waals surface area contributed by atoms with E-state index in [9.17, 15) is 8.42 Å². The van der Waals surface area contributed by atoms with Crippen LogP contribution in [0.4, 0.5) is 5.69 Å². The van der Waals surface area contributed by atoms with Crippen molar-refractivity contribution in [3.05, 3.63) is 23.8 Å². The van der Waals surface area contributed by atoms with Crippen LogP contribution in [0.5, 0.6) is 0 Å². The minimum absolute atomic E-state index is 0.000882. The molecule has 0 aromatic heterocycles. The Hall–Kier alpha value is -1.58. The largest absolute Gasteiger partial charge is 0.399 e. The molecule has 6 heteroatoms. The molecule has 1 saturated carbocycles. The highest BCUT2D eigenvalue weighted by Gasteiger charge is 2.39. The van der Waals surface area contributed by atoms with Crippen LogP contribution in [-0.2, 0) is 10.0 Å². The van der Waals surface area contributed by atoms with Gasteiger partial charge in [-0.2, -0.15) is 5.26 Å². The zero-order chi connectivity index (χ0) is 13.3. The number of nitrogen functional groups attached to an aromatic ring is 1. The highest BCUT2D eigenvalue weighted by molar-refractivity contribution is 7.89. The first-order valence-electron chi connectivity index (χ1n) is 5.80. The molecule has 0 aliphatic heterocycles. The molecule has 1 aromatic rings. The predicted molar refractivity (Wildman–Crippen MR) is 68.1 cm³/mol. The minimum atomic E-state index is -3.63. The van der Waals surface area contributed by atoms with E-state index in [0.717, 1.165) is 12.8 Å². The van der Waals surface area contributed by atoms with E-state index in [-0.39, 0.29) is 16.5 Å². The molecular formula is C12H15N3O2S. The summed E-state index contributed by atoms with van der Waals surface area (Å²) in [6.45, 7) is 2.03. The molecule has 0 amide bonds. The molecule has 0 bridgehead atoms. The number of benzene rings is 1. The van der Waals surface area contributed by atoms with E-state index >= 15 is 0 Å². The zero-order valence-electron chi connectivity index (χ0n) is 10.1. The van der Waals surface area contributed by atoms with Crippen LogP contribution >= 0.6 is 0 Å². The Kier molecular flexibility index (Phi) is 3.28. The molecule has 0 spiro atoms. The molecule has 2 atom stereocenters. The van der Waals surface area contributed by atoms with Crippen molar-refractivity contribution < 1.29 is 8.42 Å². The van der Waals surface area contributed by atoms with Crippen LogP contribution in [0.25, 0.3) is 0 Å². The SMILES string of the molecule is CCC1CC1NS(=O)(=O)c1ccc(N)cc1C#N. The van der Waals surface area contributed by atoms with Crippen LogP contribution in [0.1, 0.15) is 25.3 Å². The third-order valence-electron chi connectivity index (χ3n) is 3.17. The summed E-state index contributed by atoms with van der Waals surface area (Å²) in [4.78, 5) is 0.000882. The third kappa shape index (κ3) is 2.47. The van der Waals surface area contributed by atoms with Gasteiger partial charge in [-0.3, -0.25) is 0 Å².